The highest BCUT2D eigenvalue weighted by atomic mass is 16.2. The molecule has 0 aromatic heterocycles. The first kappa shape index (κ1) is 13.2. The molecule has 1 fully saturated rings. The standard InChI is InChI=1S/C12H22N2O2/c1-10(2)13(3)12(16)8-14-6-4-11(9-15)5-7-14/h9-11H,4-8H2,1-3H3. The van der Waals surface area contributed by atoms with Crippen LogP contribution in [0.25, 0.3) is 0 Å². The topological polar surface area (TPSA) is 40.6 Å². The van der Waals surface area contributed by atoms with Gasteiger partial charge in [0.05, 0.1) is 6.54 Å². The molecule has 0 radical (unpaired) electrons. The van der Waals surface area contributed by atoms with Crippen LogP contribution in [-0.4, -0.2) is 54.7 Å². The lowest BCUT2D eigenvalue weighted by Crippen LogP contribution is -2.44. The van der Waals surface area contributed by atoms with Crippen LogP contribution < -0.4 is 0 Å². The molecule has 4 heteroatoms. The van der Waals surface area contributed by atoms with Crippen molar-refractivity contribution in [2.24, 2.45) is 5.92 Å². The minimum Gasteiger partial charge on any atom is -0.342 e. The van der Waals surface area contributed by atoms with Gasteiger partial charge in [-0.3, -0.25) is 9.69 Å². The van der Waals surface area contributed by atoms with Crippen LogP contribution >= 0.6 is 0 Å². The highest BCUT2D eigenvalue weighted by molar-refractivity contribution is 5.78. The van der Waals surface area contributed by atoms with Crippen LogP contribution in [0.1, 0.15) is 26.7 Å². The number of piperidine rings is 1. The van der Waals surface area contributed by atoms with Crippen LogP contribution in [0.4, 0.5) is 0 Å². The predicted octanol–water partition coefficient (Wildman–Crippen LogP) is 0.764. The quantitative estimate of drug-likeness (QED) is 0.665. The average molecular weight is 226 g/mol. The van der Waals surface area contributed by atoms with Crippen molar-refractivity contribution in [1.82, 2.24) is 9.80 Å². The predicted molar refractivity (Wildman–Crippen MR) is 63.1 cm³/mol. The third-order valence-electron chi connectivity index (χ3n) is 3.35. The van der Waals surface area contributed by atoms with E-state index in [0.717, 1.165) is 32.2 Å². The first-order chi connectivity index (χ1) is 7.54. The van der Waals surface area contributed by atoms with Crippen LogP contribution in [0.5, 0.6) is 0 Å². The monoisotopic (exact) mass is 226 g/mol. The van der Waals surface area contributed by atoms with Crippen LogP contribution in [0.3, 0.4) is 0 Å². The lowest BCUT2D eigenvalue weighted by molar-refractivity contribution is -0.132. The number of likely N-dealkylation sites (tertiary alicyclic amines) is 1. The SMILES string of the molecule is CC(C)N(C)C(=O)CN1CCC(C=O)CC1. The zero-order valence-electron chi connectivity index (χ0n) is 10.5. The second kappa shape index (κ2) is 5.99. The first-order valence-corrected chi connectivity index (χ1v) is 5.98. The number of hydrogen-bond acceptors (Lipinski definition) is 3. The molecule has 4 nitrogen and oxygen atoms in total. The molecule has 0 spiro atoms. The van der Waals surface area contributed by atoms with Crippen molar-refractivity contribution in [1.29, 1.82) is 0 Å². The van der Waals surface area contributed by atoms with Crippen LogP contribution in [-0.2, 0) is 9.59 Å². The van der Waals surface area contributed by atoms with Gasteiger partial charge in [-0.2, -0.15) is 0 Å². The molecule has 1 rings (SSSR count). The molecule has 0 bridgehead atoms. The third kappa shape index (κ3) is 3.59. The van der Waals surface area contributed by atoms with Gasteiger partial charge in [0, 0.05) is 19.0 Å². The zero-order chi connectivity index (χ0) is 12.1. The molecule has 0 aromatic rings. The van der Waals surface area contributed by atoms with Gasteiger partial charge in [-0.25, -0.2) is 0 Å². The Morgan fingerprint density at radius 1 is 1.44 bits per heavy atom. The molecule has 0 aromatic carbocycles. The minimum atomic E-state index is 0.166. The molecule has 1 aliphatic rings. The maximum Gasteiger partial charge on any atom is 0.236 e. The summed E-state index contributed by atoms with van der Waals surface area (Å²) in [5.74, 6) is 0.369. The molecule has 92 valence electrons. The summed E-state index contributed by atoms with van der Waals surface area (Å²) in [6.07, 6.45) is 2.82. The summed E-state index contributed by atoms with van der Waals surface area (Å²) in [4.78, 5) is 26.3. The fourth-order valence-electron chi connectivity index (χ4n) is 1.84. The maximum atomic E-state index is 11.8. The number of hydrogen-bond donors (Lipinski definition) is 0. The Morgan fingerprint density at radius 2 is 2.00 bits per heavy atom. The molecule has 0 N–H and O–H groups in total. The summed E-state index contributed by atoms with van der Waals surface area (Å²) >= 11 is 0. The summed E-state index contributed by atoms with van der Waals surface area (Å²) in [7, 11) is 1.84. The Hall–Kier alpha value is -0.900. The summed E-state index contributed by atoms with van der Waals surface area (Å²) < 4.78 is 0. The summed E-state index contributed by atoms with van der Waals surface area (Å²) in [5.41, 5.74) is 0. The average Bonchev–Trinajstić information content (AvgIpc) is 2.28. The van der Waals surface area contributed by atoms with E-state index in [9.17, 15) is 9.59 Å². The zero-order valence-corrected chi connectivity index (χ0v) is 10.5. The molecule has 16 heavy (non-hydrogen) atoms. The van der Waals surface area contributed by atoms with Gasteiger partial charge in [-0.1, -0.05) is 0 Å². The normalized spacial score (nSPS) is 18.8. The smallest absolute Gasteiger partial charge is 0.236 e. The molecule has 1 aliphatic heterocycles. The number of rotatable bonds is 4. The summed E-state index contributed by atoms with van der Waals surface area (Å²) in [5, 5.41) is 0. The number of carbonyl (C=O) groups excluding carboxylic acids is 2. The van der Waals surface area contributed by atoms with Gasteiger partial charge in [0.15, 0.2) is 0 Å². The van der Waals surface area contributed by atoms with Gasteiger partial charge < -0.3 is 9.69 Å². The molecule has 0 atom stereocenters. The Labute approximate surface area is 97.6 Å². The van der Waals surface area contributed by atoms with E-state index in [-0.39, 0.29) is 17.9 Å². The van der Waals surface area contributed by atoms with Crippen LogP contribution in [0.2, 0.25) is 0 Å². The highest BCUT2D eigenvalue weighted by Gasteiger charge is 2.22. The van der Waals surface area contributed by atoms with Crippen molar-refractivity contribution >= 4 is 12.2 Å². The van der Waals surface area contributed by atoms with Crippen molar-refractivity contribution in [3.63, 3.8) is 0 Å². The molecule has 0 saturated carbocycles. The van der Waals surface area contributed by atoms with E-state index < -0.39 is 0 Å². The number of likely N-dealkylation sites (N-methyl/N-ethyl adjacent to an activating group) is 1. The second-order valence-corrected chi connectivity index (χ2v) is 4.85. The van der Waals surface area contributed by atoms with Crippen molar-refractivity contribution in [3.8, 4) is 0 Å². The number of nitrogens with zero attached hydrogens (tertiary/aromatic N) is 2. The van der Waals surface area contributed by atoms with Crippen LogP contribution in [0.15, 0.2) is 0 Å². The lowest BCUT2D eigenvalue weighted by Gasteiger charge is -2.31. The molecule has 1 saturated heterocycles. The Morgan fingerprint density at radius 3 is 2.44 bits per heavy atom. The molecule has 0 aliphatic carbocycles. The molecular formula is C12H22N2O2. The van der Waals surface area contributed by atoms with E-state index in [4.69, 9.17) is 0 Å². The van der Waals surface area contributed by atoms with E-state index in [1.807, 2.05) is 20.9 Å². The van der Waals surface area contributed by atoms with Gasteiger partial charge in [0.2, 0.25) is 5.91 Å². The number of carbonyl (C=O) groups is 2. The van der Waals surface area contributed by atoms with E-state index in [0.29, 0.717) is 6.54 Å². The minimum absolute atomic E-state index is 0.166. The van der Waals surface area contributed by atoms with Crippen molar-refractivity contribution in [2.45, 2.75) is 32.7 Å². The Bertz CT molecular complexity index is 245. The maximum absolute atomic E-state index is 11.8. The van der Waals surface area contributed by atoms with Gasteiger partial charge in [-0.05, 0) is 39.8 Å². The second-order valence-electron chi connectivity index (χ2n) is 4.85. The largest absolute Gasteiger partial charge is 0.342 e. The van der Waals surface area contributed by atoms with E-state index in [1.54, 1.807) is 4.90 Å². The van der Waals surface area contributed by atoms with Gasteiger partial charge in [-0.15, -0.1) is 0 Å². The molecular weight excluding hydrogens is 204 g/mol. The fourth-order valence-corrected chi connectivity index (χ4v) is 1.84. The van der Waals surface area contributed by atoms with Gasteiger partial charge >= 0.3 is 0 Å². The van der Waals surface area contributed by atoms with E-state index >= 15 is 0 Å². The third-order valence-corrected chi connectivity index (χ3v) is 3.35. The van der Waals surface area contributed by atoms with E-state index in [2.05, 4.69) is 4.90 Å². The van der Waals surface area contributed by atoms with E-state index in [1.165, 1.54) is 0 Å². The molecule has 1 amide bonds. The lowest BCUT2D eigenvalue weighted by atomic mass is 9.99. The fraction of sp³-hybridized carbons (Fsp3) is 0.833. The number of aldehydes is 1. The van der Waals surface area contributed by atoms with Gasteiger partial charge in [0.25, 0.3) is 0 Å². The Kier molecular flexibility index (Phi) is 4.93. The van der Waals surface area contributed by atoms with Crippen molar-refractivity contribution in [3.05, 3.63) is 0 Å². The molecule has 1 heterocycles. The highest BCUT2D eigenvalue weighted by Crippen LogP contribution is 2.14. The van der Waals surface area contributed by atoms with Gasteiger partial charge in [0.1, 0.15) is 6.29 Å². The van der Waals surface area contributed by atoms with Crippen molar-refractivity contribution < 1.29 is 9.59 Å². The summed E-state index contributed by atoms with van der Waals surface area (Å²) in [6.45, 7) is 6.23. The number of amides is 1. The first-order valence-electron chi connectivity index (χ1n) is 5.98. The van der Waals surface area contributed by atoms with Crippen molar-refractivity contribution in [2.75, 3.05) is 26.7 Å². The Balaban J connectivity index is 2.33. The summed E-state index contributed by atoms with van der Waals surface area (Å²) in [6, 6.07) is 0.250. The molecule has 0 unspecified atom stereocenters. The van der Waals surface area contributed by atoms with Crippen LogP contribution in [0, 0.1) is 5.92 Å².